The average molecular weight is 519 g/mol. The van der Waals surface area contributed by atoms with Crippen LogP contribution in [0.15, 0.2) is 48.7 Å². The van der Waals surface area contributed by atoms with E-state index in [1.54, 1.807) is 0 Å². The zero-order chi connectivity index (χ0) is 27.2. The van der Waals surface area contributed by atoms with Gasteiger partial charge in [0.1, 0.15) is 0 Å². The van der Waals surface area contributed by atoms with Crippen molar-refractivity contribution in [2.24, 2.45) is 0 Å². The number of halogens is 3. The molecule has 4 rings (SSSR count). The first-order chi connectivity index (χ1) is 17.5. The van der Waals surface area contributed by atoms with E-state index in [4.69, 9.17) is 9.90 Å². The largest absolute Gasteiger partial charge is 0.490 e. The Hall–Kier alpha value is -3.86. The van der Waals surface area contributed by atoms with Crippen molar-refractivity contribution < 1.29 is 32.7 Å². The van der Waals surface area contributed by atoms with Crippen molar-refractivity contribution in [3.8, 4) is 0 Å². The third kappa shape index (κ3) is 7.56. The second-order valence-corrected chi connectivity index (χ2v) is 8.86. The van der Waals surface area contributed by atoms with E-state index >= 15 is 0 Å². The predicted molar refractivity (Wildman–Crippen MR) is 132 cm³/mol. The van der Waals surface area contributed by atoms with Crippen molar-refractivity contribution in [2.45, 2.75) is 26.1 Å². The maximum Gasteiger partial charge on any atom is 0.490 e. The summed E-state index contributed by atoms with van der Waals surface area (Å²) in [5, 5.41) is 11.2. The molecule has 2 aromatic carbocycles. The topological polar surface area (TPSA) is 106 Å². The molecule has 0 aliphatic carbocycles. The number of aryl methyl sites for hydroxylation is 1. The molecule has 1 saturated heterocycles. The molecule has 0 atom stereocenters. The molecule has 1 aromatic heterocycles. The van der Waals surface area contributed by atoms with Crippen LogP contribution in [-0.2, 0) is 22.6 Å². The molecule has 8 nitrogen and oxygen atoms in total. The Kier molecular flexibility index (Phi) is 8.93. The summed E-state index contributed by atoms with van der Waals surface area (Å²) in [7, 11) is 2.07. The van der Waals surface area contributed by atoms with Gasteiger partial charge in [-0.3, -0.25) is 9.59 Å². The highest BCUT2D eigenvalue weighted by Gasteiger charge is 2.38. The molecule has 37 heavy (non-hydrogen) atoms. The molecule has 2 heterocycles. The van der Waals surface area contributed by atoms with Crippen LogP contribution >= 0.6 is 0 Å². The van der Waals surface area contributed by atoms with E-state index in [-0.39, 0.29) is 11.8 Å². The minimum absolute atomic E-state index is 0.0169. The predicted octanol–water partition coefficient (Wildman–Crippen LogP) is 3.36. The number of carboxylic acids is 1. The van der Waals surface area contributed by atoms with E-state index in [0.29, 0.717) is 18.5 Å². The number of likely N-dealkylation sites (N-methyl/N-ethyl adjacent to an activating group) is 1. The number of carbonyl (C=O) groups is 3. The van der Waals surface area contributed by atoms with E-state index in [1.807, 2.05) is 47.5 Å². The monoisotopic (exact) mass is 518 g/mol. The maximum absolute atomic E-state index is 12.6. The van der Waals surface area contributed by atoms with Crippen LogP contribution in [0.25, 0.3) is 10.9 Å². The molecule has 2 amide bonds. The summed E-state index contributed by atoms with van der Waals surface area (Å²) in [6.45, 7) is 5.85. The van der Waals surface area contributed by atoms with E-state index in [1.165, 1.54) is 0 Å². The van der Waals surface area contributed by atoms with Gasteiger partial charge in [0.15, 0.2) is 0 Å². The molecule has 11 heteroatoms. The number of aliphatic carboxylic acids is 1. The van der Waals surface area contributed by atoms with Crippen molar-refractivity contribution in [3.63, 3.8) is 0 Å². The molecule has 1 fully saturated rings. The smallest absolute Gasteiger partial charge is 0.475 e. The van der Waals surface area contributed by atoms with Gasteiger partial charge in [-0.05, 0) is 48.9 Å². The second kappa shape index (κ2) is 11.9. The van der Waals surface area contributed by atoms with Crippen LogP contribution in [0.4, 0.5) is 13.2 Å². The lowest BCUT2D eigenvalue weighted by Gasteiger charge is -2.32. The van der Waals surface area contributed by atoms with Gasteiger partial charge in [0.25, 0.3) is 5.91 Å². The van der Waals surface area contributed by atoms with E-state index in [2.05, 4.69) is 35.2 Å². The molecular weight excluding hydrogens is 489 g/mol. The second-order valence-electron chi connectivity index (χ2n) is 8.86. The van der Waals surface area contributed by atoms with Gasteiger partial charge in [0, 0.05) is 55.4 Å². The van der Waals surface area contributed by atoms with Gasteiger partial charge in [-0.1, -0.05) is 24.3 Å². The third-order valence-electron chi connectivity index (χ3n) is 6.07. The van der Waals surface area contributed by atoms with Crippen molar-refractivity contribution in [2.75, 3.05) is 33.2 Å². The number of aromatic amines is 1. The number of hydrogen-bond donors (Lipinski definition) is 3. The van der Waals surface area contributed by atoms with Crippen molar-refractivity contribution in [1.82, 2.24) is 20.1 Å². The summed E-state index contributed by atoms with van der Waals surface area (Å²) >= 11 is 0. The van der Waals surface area contributed by atoms with E-state index in [9.17, 15) is 22.8 Å². The fourth-order valence-electron chi connectivity index (χ4n) is 3.98. The minimum atomic E-state index is -5.08. The summed E-state index contributed by atoms with van der Waals surface area (Å²) in [4.78, 5) is 41.4. The quantitative estimate of drug-likeness (QED) is 0.481. The van der Waals surface area contributed by atoms with E-state index < -0.39 is 12.1 Å². The highest BCUT2D eigenvalue weighted by atomic mass is 19.4. The highest BCUT2D eigenvalue weighted by Crippen LogP contribution is 2.22. The van der Waals surface area contributed by atoms with Crippen LogP contribution < -0.4 is 5.32 Å². The Morgan fingerprint density at radius 3 is 2.24 bits per heavy atom. The molecule has 0 spiro atoms. The standard InChI is InChI=1S/C24H28N4O2.C2HF3O2/c1-17-4-3-5-21-23(17)20(16-25-21)14-22(29)26-15-18-6-8-19(9-7-18)24(30)28-12-10-27(2)11-13-28;3-2(4,5)1(6)7/h3-9,16,25H,10-15H2,1-2H3,(H,26,29);(H,6,7). The van der Waals surface area contributed by atoms with Crippen LogP contribution in [-0.4, -0.2) is 77.1 Å². The summed E-state index contributed by atoms with van der Waals surface area (Å²) in [5.41, 5.74) is 4.90. The van der Waals surface area contributed by atoms with Crippen molar-refractivity contribution in [1.29, 1.82) is 0 Å². The summed E-state index contributed by atoms with van der Waals surface area (Å²) in [6.07, 6.45) is -2.83. The first kappa shape index (κ1) is 27.7. The van der Waals surface area contributed by atoms with Gasteiger partial charge in [0.05, 0.1) is 6.42 Å². The zero-order valence-corrected chi connectivity index (χ0v) is 20.6. The number of rotatable bonds is 5. The van der Waals surface area contributed by atoms with Gasteiger partial charge >= 0.3 is 12.1 Å². The maximum atomic E-state index is 12.6. The summed E-state index contributed by atoms with van der Waals surface area (Å²) in [6, 6.07) is 13.6. The number of fused-ring (bicyclic) bond motifs is 1. The normalized spacial score (nSPS) is 14.1. The zero-order valence-electron chi connectivity index (χ0n) is 20.6. The molecule has 0 radical (unpaired) electrons. The molecule has 0 unspecified atom stereocenters. The van der Waals surface area contributed by atoms with Gasteiger partial charge in [0.2, 0.25) is 5.91 Å². The molecule has 3 N–H and O–H groups in total. The third-order valence-corrected chi connectivity index (χ3v) is 6.07. The van der Waals surface area contributed by atoms with Crippen LogP contribution in [0.5, 0.6) is 0 Å². The molecule has 1 aliphatic heterocycles. The molecule has 0 bridgehead atoms. The van der Waals surface area contributed by atoms with Gasteiger partial charge in [-0.2, -0.15) is 13.2 Å². The van der Waals surface area contributed by atoms with Gasteiger partial charge in [-0.15, -0.1) is 0 Å². The lowest BCUT2D eigenvalue weighted by atomic mass is 10.1. The summed E-state index contributed by atoms with van der Waals surface area (Å²) in [5.74, 6) is -2.70. The lowest BCUT2D eigenvalue weighted by Crippen LogP contribution is -2.47. The Bertz CT molecular complexity index is 1250. The fourth-order valence-corrected chi connectivity index (χ4v) is 3.98. The number of H-pyrrole nitrogens is 1. The van der Waals surface area contributed by atoms with Crippen LogP contribution in [0, 0.1) is 6.92 Å². The summed E-state index contributed by atoms with van der Waals surface area (Å²) < 4.78 is 31.7. The number of carbonyl (C=O) groups excluding carboxylic acids is 2. The number of piperazine rings is 1. The Balaban J connectivity index is 0.000000479. The van der Waals surface area contributed by atoms with Crippen molar-refractivity contribution in [3.05, 3.63) is 70.9 Å². The van der Waals surface area contributed by atoms with Crippen molar-refractivity contribution >= 4 is 28.7 Å². The first-order valence-electron chi connectivity index (χ1n) is 11.6. The number of carboxylic acid groups (broad SMARTS) is 1. The molecule has 3 aromatic rings. The molecule has 198 valence electrons. The number of benzene rings is 2. The fraction of sp³-hybridized carbons (Fsp3) is 0.346. The Morgan fingerprint density at radius 2 is 1.65 bits per heavy atom. The number of nitrogens with one attached hydrogen (secondary N) is 2. The van der Waals surface area contributed by atoms with Crippen LogP contribution in [0.3, 0.4) is 0 Å². The van der Waals surface area contributed by atoms with Crippen LogP contribution in [0.1, 0.15) is 27.0 Å². The Labute approximate surface area is 212 Å². The minimum Gasteiger partial charge on any atom is -0.475 e. The van der Waals surface area contributed by atoms with Gasteiger partial charge in [-0.25, -0.2) is 4.79 Å². The number of aromatic nitrogens is 1. The Morgan fingerprint density at radius 1 is 1.03 bits per heavy atom. The SMILES string of the molecule is Cc1cccc2[nH]cc(CC(=O)NCc3ccc(C(=O)N4CCN(C)CC4)cc3)c12.O=C(O)C(F)(F)F. The molecular formula is C26H29F3N4O4. The number of nitrogens with zero attached hydrogens (tertiary/aromatic N) is 2. The number of alkyl halides is 3. The lowest BCUT2D eigenvalue weighted by molar-refractivity contribution is -0.192. The van der Waals surface area contributed by atoms with Crippen LogP contribution in [0.2, 0.25) is 0 Å². The molecule has 1 aliphatic rings. The molecule has 0 saturated carbocycles. The van der Waals surface area contributed by atoms with E-state index in [0.717, 1.165) is 53.8 Å². The number of hydrogen-bond acceptors (Lipinski definition) is 4. The first-order valence-corrected chi connectivity index (χ1v) is 11.6. The van der Waals surface area contributed by atoms with Gasteiger partial charge < -0.3 is 25.2 Å². The highest BCUT2D eigenvalue weighted by molar-refractivity contribution is 5.94. The average Bonchev–Trinajstić information content (AvgIpc) is 3.27. The number of amides is 2.